The summed E-state index contributed by atoms with van der Waals surface area (Å²) in [5, 5.41) is 3.47. The Hall–Kier alpha value is -1.76. The van der Waals surface area contributed by atoms with Crippen molar-refractivity contribution in [3.63, 3.8) is 0 Å². The molecule has 0 saturated heterocycles. The molecular formula is C16H17ClN2O3S. The Morgan fingerprint density at radius 1 is 1.22 bits per heavy atom. The van der Waals surface area contributed by atoms with Gasteiger partial charge in [-0.05, 0) is 30.3 Å². The van der Waals surface area contributed by atoms with Gasteiger partial charge in [-0.1, -0.05) is 11.6 Å². The van der Waals surface area contributed by atoms with Gasteiger partial charge in [0.25, 0.3) is 0 Å². The van der Waals surface area contributed by atoms with E-state index in [9.17, 15) is 4.79 Å². The van der Waals surface area contributed by atoms with E-state index in [0.717, 1.165) is 4.90 Å². The molecule has 2 rings (SSSR count). The molecule has 7 heteroatoms. The molecule has 5 nitrogen and oxygen atoms in total. The molecule has 0 bridgehead atoms. The minimum Gasteiger partial charge on any atom is -0.475 e. The first-order valence-corrected chi connectivity index (χ1v) is 8.30. The Bertz CT molecular complexity index is 620. The van der Waals surface area contributed by atoms with Crippen LogP contribution in [0, 0.1) is 0 Å². The standard InChI is InChI=1S/C16H17ClN2O3S/c1-21-8-9-22-16-7-4-13(10-18-16)19-15(20)11-23-14-5-2-12(17)3-6-14/h2-7,10H,8-9,11H2,1H3,(H,19,20). The highest BCUT2D eigenvalue weighted by Gasteiger charge is 2.05. The number of methoxy groups -OCH3 is 1. The quantitative estimate of drug-likeness (QED) is 0.582. The zero-order valence-electron chi connectivity index (χ0n) is 12.6. The number of hydrogen-bond donors (Lipinski definition) is 1. The van der Waals surface area contributed by atoms with E-state index >= 15 is 0 Å². The van der Waals surface area contributed by atoms with Gasteiger partial charge in [0.2, 0.25) is 11.8 Å². The van der Waals surface area contributed by atoms with Gasteiger partial charge in [0.1, 0.15) is 6.61 Å². The number of pyridine rings is 1. The van der Waals surface area contributed by atoms with Gasteiger partial charge in [-0.25, -0.2) is 4.98 Å². The molecule has 0 spiro atoms. The maximum Gasteiger partial charge on any atom is 0.234 e. The third kappa shape index (κ3) is 6.48. The summed E-state index contributed by atoms with van der Waals surface area (Å²) in [5.41, 5.74) is 0.630. The lowest BCUT2D eigenvalue weighted by Crippen LogP contribution is -2.14. The number of ether oxygens (including phenoxy) is 2. The van der Waals surface area contributed by atoms with Crippen molar-refractivity contribution in [2.75, 3.05) is 31.4 Å². The fourth-order valence-corrected chi connectivity index (χ4v) is 2.47. The Balaban J connectivity index is 1.77. The molecule has 23 heavy (non-hydrogen) atoms. The summed E-state index contributed by atoms with van der Waals surface area (Å²) >= 11 is 7.27. The maximum atomic E-state index is 11.9. The third-order valence-corrected chi connectivity index (χ3v) is 4.01. The SMILES string of the molecule is COCCOc1ccc(NC(=O)CSc2ccc(Cl)cc2)cn1. The molecule has 1 aromatic heterocycles. The van der Waals surface area contributed by atoms with Crippen LogP contribution in [0.4, 0.5) is 5.69 Å². The minimum absolute atomic E-state index is 0.0974. The molecule has 122 valence electrons. The minimum atomic E-state index is -0.0974. The van der Waals surface area contributed by atoms with Crippen molar-refractivity contribution in [2.24, 2.45) is 0 Å². The summed E-state index contributed by atoms with van der Waals surface area (Å²) < 4.78 is 10.2. The van der Waals surface area contributed by atoms with Crippen molar-refractivity contribution in [1.82, 2.24) is 4.98 Å². The summed E-state index contributed by atoms with van der Waals surface area (Å²) in [6.07, 6.45) is 1.56. The molecule has 0 aliphatic carbocycles. The number of carbonyl (C=O) groups is 1. The predicted octanol–water partition coefficient (Wildman–Crippen LogP) is 3.49. The van der Waals surface area contributed by atoms with E-state index in [0.29, 0.717) is 35.6 Å². The van der Waals surface area contributed by atoms with E-state index in [1.807, 2.05) is 12.1 Å². The van der Waals surface area contributed by atoms with Gasteiger partial charge >= 0.3 is 0 Å². The van der Waals surface area contributed by atoms with Crippen LogP contribution in [0.3, 0.4) is 0 Å². The van der Waals surface area contributed by atoms with E-state index in [1.165, 1.54) is 11.8 Å². The zero-order chi connectivity index (χ0) is 16.5. The van der Waals surface area contributed by atoms with Crippen molar-refractivity contribution in [2.45, 2.75) is 4.90 Å². The van der Waals surface area contributed by atoms with E-state index in [-0.39, 0.29) is 5.91 Å². The summed E-state index contributed by atoms with van der Waals surface area (Å²) in [4.78, 5) is 17.0. The van der Waals surface area contributed by atoms with Crippen LogP contribution in [0.25, 0.3) is 0 Å². The number of rotatable bonds is 8. The van der Waals surface area contributed by atoms with Crippen LogP contribution in [0.15, 0.2) is 47.5 Å². The number of amides is 1. The van der Waals surface area contributed by atoms with Crippen LogP contribution >= 0.6 is 23.4 Å². The Labute approximate surface area is 144 Å². The second-order valence-electron chi connectivity index (χ2n) is 4.52. The normalized spacial score (nSPS) is 10.3. The third-order valence-electron chi connectivity index (χ3n) is 2.74. The van der Waals surface area contributed by atoms with E-state index < -0.39 is 0 Å². The number of nitrogens with one attached hydrogen (secondary N) is 1. The Kier molecular flexibility index (Phi) is 7.19. The number of hydrogen-bond acceptors (Lipinski definition) is 5. The number of thioether (sulfide) groups is 1. The van der Waals surface area contributed by atoms with Gasteiger partial charge in [-0.15, -0.1) is 11.8 Å². The van der Waals surface area contributed by atoms with Crippen LogP contribution < -0.4 is 10.1 Å². The lowest BCUT2D eigenvalue weighted by atomic mass is 10.4. The Morgan fingerprint density at radius 2 is 2.00 bits per heavy atom. The zero-order valence-corrected chi connectivity index (χ0v) is 14.2. The molecule has 0 aliphatic heterocycles. The first-order chi connectivity index (χ1) is 11.2. The molecule has 1 N–H and O–H groups in total. The smallest absolute Gasteiger partial charge is 0.234 e. The van der Waals surface area contributed by atoms with Crippen molar-refractivity contribution in [3.8, 4) is 5.88 Å². The summed E-state index contributed by atoms with van der Waals surface area (Å²) in [5.74, 6) is 0.712. The van der Waals surface area contributed by atoms with Crippen LogP contribution in [0.2, 0.25) is 5.02 Å². The fourth-order valence-electron chi connectivity index (χ4n) is 1.65. The number of aromatic nitrogens is 1. The molecule has 1 amide bonds. The summed E-state index contributed by atoms with van der Waals surface area (Å²) in [6, 6.07) is 10.8. The predicted molar refractivity (Wildman–Crippen MR) is 92.4 cm³/mol. The number of carbonyl (C=O) groups excluding carboxylic acids is 1. The van der Waals surface area contributed by atoms with Crippen molar-refractivity contribution < 1.29 is 14.3 Å². The first kappa shape index (κ1) is 17.6. The van der Waals surface area contributed by atoms with Crippen molar-refractivity contribution in [1.29, 1.82) is 0 Å². The lowest BCUT2D eigenvalue weighted by molar-refractivity contribution is -0.113. The fraction of sp³-hybridized carbons (Fsp3) is 0.250. The summed E-state index contributed by atoms with van der Waals surface area (Å²) in [7, 11) is 1.61. The van der Waals surface area contributed by atoms with Gasteiger partial charge < -0.3 is 14.8 Å². The van der Waals surface area contributed by atoms with E-state index in [2.05, 4.69) is 10.3 Å². The van der Waals surface area contributed by atoms with Gasteiger partial charge in [0.15, 0.2) is 0 Å². The number of benzene rings is 1. The van der Waals surface area contributed by atoms with Crippen molar-refractivity contribution >= 4 is 35.0 Å². The number of halogens is 1. The molecule has 0 aliphatic rings. The molecule has 0 fully saturated rings. The molecule has 0 unspecified atom stereocenters. The van der Waals surface area contributed by atoms with Crippen LogP contribution in [-0.2, 0) is 9.53 Å². The van der Waals surface area contributed by atoms with E-state index in [4.69, 9.17) is 21.1 Å². The molecule has 0 radical (unpaired) electrons. The highest BCUT2D eigenvalue weighted by Crippen LogP contribution is 2.20. The molecular weight excluding hydrogens is 336 g/mol. The highest BCUT2D eigenvalue weighted by atomic mass is 35.5. The van der Waals surface area contributed by atoms with Gasteiger partial charge in [0, 0.05) is 23.1 Å². The van der Waals surface area contributed by atoms with Crippen molar-refractivity contribution in [3.05, 3.63) is 47.6 Å². The Morgan fingerprint density at radius 3 is 2.65 bits per heavy atom. The number of anilines is 1. The molecule has 1 aromatic carbocycles. The average molecular weight is 353 g/mol. The molecule has 2 aromatic rings. The van der Waals surface area contributed by atoms with Crippen LogP contribution in [0.5, 0.6) is 5.88 Å². The van der Waals surface area contributed by atoms with Crippen LogP contribution in [-0.4, -0.2) is 37.0 Å². The molecule has 0 saturated carbocycles. The average Bonchev–Trinajstić information content (AvgIpc) is 2.56. The van der Waals surface area contributed by atoms with Crippen LogP contribution in [0.1, 0.15) is 0 Å². The molecule has 0 atom stereocenters. The maximum absolute atomic E-state index is 11.9. The topological polar surface area (TPSA) is 60.5 Å². The first-order valence-electron chi connectivity index (χ1n) is 6.93. The summed E-state index contributed by atoms with van der Waals surface area (Å²) in [6.45, 7) is 0.940. The molecule has 1 heterocycles. The highest BCUT2D eigenvalue weighted by molar-refractivity contribution is 8.00. The lowest BCUT2D eigenvalue weighted by Gasteiger charge is -2.07. The largest absolute Gasteiger partial charge is 0.475 e. The van der Waals surface area contributed by atoms with E-state index in [1.54, 1.807) is 37.6 Å². The number of nitrogens with zero attached hydrogens (tertiary/aromatic N) is 1. The second-order valence-corrected chi connectivity index (χ2v) is 6.00. The second kappa shape index (κ2) is 9.39. The van der Waals surface area contributed by atoms with Gasteiger partial charge in [-0.3, -0.25) is 4.79 Å². The monoisotopic (exact) mass is 352 g/mol. The van der Waals surface area contributed by atoms with Gasteiger partial charge in [0.05, 0.1) is 24.2 Å². The van der Waals surface area contributed by atoms with Gasteiger partial charge in [-0.2, -0.15) is 0 Å².